The molecule has 2 heteroatoms. The van der Waals surface area contributed by atoms with Crippen molar-refractivity contribution in [1.82, 2.24) is 0 Å². The molecule has 4 saturated carbocycles. The first kappa shape index (κ1) is 8.37. The van der Waals surface area contributed by atoms with Crippen LogP contribution in [0.25, 0.3) is 0 Å². The lowest BCUT2D eigenvalue weighted by atomic mass is 9.93. The fourth-order valence-electron chi connectivity index (χ4n) is 4.90. The zero-order valence-corrected chi connectivity index (χ0v) is 8.98. The molecule has 80 valence electrons. The topological polar surface area (TPSA) is 26.3 Å². The average molecular weight is 204 g/mol. The van der Waals surface area contributed by atoms with Gasteiger partial charge in [0.25, 0.3) is 0 Å². The Morgan fingerprint density at radius 2 is 2.33 bits per heavy atom. The van der Waals surface area contributed by atoms with E-state index in [-0.39, 0.29) is 5.97 Å². The maximum absolute atomic E-state index is 10.7. The molecule has 2 nitrogen and oxygen atoms in total. The number of ether oxygens (including phenoxy) is 1. The van der Waals surface area contributed by atoms with E-state index in [1.807, 2.05) is 0 Å². The summed E-state index contributed by atoms with van der Waals surface area (Å²) in [5.74, 6) is 5.91. The van der Waals surface area contributed by atoms with Crippen LogP contribution in [0.2, 0.25) is 0 Å². The highest BCUT2D eigenvalue weighted by atomic mass is 16.5. The van der Waals surface area contributed by atoms with Crippen LogP contribution >= 0.6 is 0 Å². The van der Waals surface area contributed by atoms with Crippen LogP contribution in [0.1, 0.15) is 19.8 Å². The molecule has 6 bridgehead atoms. The Hall–Kier alpha value is -0.790. The lowest BCUT2D eigenvalue weighted by Gasteiger charge is -2.14. The monoisotopic (exact) mass is 204 g/mol. The Kier molecular flexibility index (Phi) is 1.38. The van der Waals surface area contributed by atoms with Crippen molar-refractivity contribution in [3.63, 3.8) is 0 Å². The molecule has 0 amide bonds. The molecule has 0 heterocycles. The van der Waals surface area contributed by atoms with Gasteiger partial charge in [-0.15, -0.1) is 0 Å². The minimum Gasteiger partial charge on any atom is -0.466 e. The summed E-state index contributed by atoms with van der Waals surface area (Å²) in [5.41, 5.74) is 1.62. The van der Waals surface area contributed by atoms with Gasteiger partial charge in [-0.3, -0.25) is 4.79 Å². The molecule has 0 aliphatic heterocycles. The Balaban J connectivity index is 1.44. The number of rotatable bonds is 3. The van der Waals surface area contributed by atoms with Gasteiger partial charge in [0.1, 0.15) is 0 Å². The molecule has 0 aromatic heterocycles. The average Bonchev–Trinajstić information content (AvgIpc) is 2.56. The fraction of sp³-hybridized carbons (Fsp3) is 0.769. The molecule has 6 atom stereocenters. The van der Waals surface area contributed by atoms with E-state index in [9.17, 15) is 4.79 Å². The molecule has 5 aliphatic rings. The van der Waals surface area contributed by atoms with E-state index in [1.165, 1.54) is 13.3 Å². The summed E-state index contributed by atoms with van der Waals surface area (Å²) in [6.07, 6.45) is 5.01. The number of carbonyl (C=O) groups is 1. The standard InChI is InChI=1S/C13H16O2/c1-6(14)15-3-2-7-4-8-9-5-10-12(8)13(10)11(7)9/h4,8-13H,2-3,5H2,1H3/t8-,9+,10-,11+,12-,13-/m0/s1. The van der Waals surface area contributed by atoms with Gasteiger partial charge in [-0.25, -0.2) is 0 Å². The molecule has 0 aromatic carbocycles. The minimum atomic E-state index is -0.146. The van der Waals surface area contributed by atoms with Gasteiger partial charge >= 0.3 is 5.97 Å². The second-order valence-electron chi connectivity index (χ2n) is 5.65. The second kappa shape index (κ2) is 2.47. The van der Waals surface area contributed by atoms with Crippen molar-refractivity contribution in [3.8, 4) is 0 Å². The molecule has 0 unspecified atom stereocenters. The van der Waals surface area contributed by atoms with Crippen molar-refractivity contribution < 1.29 is 9.53 Å². The van der Waals surface area contributed by atoms with Crippen LogP contribution in [0.3, 0.4) is 0 Å². The third-order valence-electron chi connectivity index (χ3n) is 5.18. The van der Waals surface area contributed by atoms with Crippen LogP contribution in [0, 0.1) is 35.5 Å². The highest BCUT2D eigenvalue weighted by molar-refractivity contribution is 5.65. The van der Waals surface area contributed by atoms with Crippen molar-refractivity contribution in [2.45, 2.75) is 19.8 Å². The maximum Gasteiger partial charge on any atom is 0.302 e. The molecule has 0 saturated heterocycles. The molecule has 0 spiro atoms. The molecule has 0 aromatic rings. The molecule has 5 aliphatic carbocycles. The smallest absolute Gasteiger partial charge is 0.302 e. The largest absolute Gasteiger partial charge is 0.466 e. The van der Waals surface area contributed by atoms with E-state index in [1.54, 1.807) is 5.57 Å². The van der Waals surface area contributed by atoms with Crippen LogP contribution < -0.4 is 0 Å². The van der Waals surface area contributed by atoms with Crippen LogP contribution in [0.5, 0.6) is 0 Å². The van der Waals surface area contributed by atoms with Gasteiger partial charge in [0.05, 0.1) is 6.61 Å². The van der Waals surface area contributed by atoms with Gasteiger partial charge in [0.2, 0.25) is 0 Å². The van der Waals surface area contributed by atoms with Crippen LogP contribution in [0.4, 0.5) is 0 Å². The Labute approximate surface area is 89.7 Å². The Morgan fingerprint density at radius 1 is 1.47 bits per heavy atom. The van der Waals surface area contributed by atoms with Gasteiger partial charge < -0.3 is 4.74 Å². The first-order chi connectivity index (χ1) is 7.27. The van der Waals surface area contributed by atoms with Crippen LogP contribution in [-0.2, 0) is 9.53 Å². The molecule has 0 radical (unpaired) electrons. The number of carbonyl (C=O) groups excluding carboxylic acids is 1. The van der Waals surface area contributed by atoms with Gasteiger partial charge in [-0.1, -0.05) is 11.6 Å². The van der Waals surface area contributed by atoms with Gasteiger partial charge in [0.15, 0.2) is 0 Å². The summed E-state index contributed by atoms with van der Waals surface area (Å²) >= 11 is 0. The third kappa shape index (κ3) is 0.889. The van der Waals surface area contributed by atoms with Gasteiger partial charge in [-0.2, -0.15) is 0 Å². The number of hydrogen-bond donors (Lipinski definition) is 0. The molecular weight excluding hydrogens is 188 g/mol. The quantitative estimate of drug-likeness (QED) is 0.519. The molecule has 5 rings (SSSR count). The van der Waals surface area contributed by atoms with E-state index >= 15 is 0 Å². The van der Waals surface area contributed by atoms with Gasteiger partial charge in [0, 0.05) is 13.3 Å². The van der Waals surface area contributed by atoms with E-state index in [4.69, 9.17) is 4.74 Å². The highest BCUT2D eigenvalue weighted by Gasteiger charge is 2.75. The number of allylic oxidation sites excluding steroid dienone is 1. The lowest BCUT2D eigenvalue weighted by molar-refractivity contribution is -0.140. The third-order valence-corrected chi connectivity index (χ3v) is 5.18. The summed E-state index contributed by atoms with van der Waals surface area (Å²) in [4.78, 5) is 10.7. The fourth-order valence-corrected chi connectivity index (χ4v) is 4.90. The highest BCUT2D eigenvalue weighted by Crippen LogP contribution is 2.80. The Morgan fingerprint density at radius 3 is 2.93 bits per heavy atom. The van der Waals surface area contributed by atoms with Crippen LogP contribution in [-0.4, -0.2) is 12.6 Å². The summed E-state index contributed by atoms with van der Waals surface area (Å²) in [6, 6.07) is 0. The normalized spacial score (nSPS) is 51.9. The number of esters is 1. The predicted octanol–water partition coefficient (Wildman–Crippen LogP) is 2.01. The first-order valence-corrected chi connectivity index (χ1v) is 6.11. The van der Waals surface area contributed by atoms with Crippen molar-refractivity contribution in [2.24, 2.45) is 35.5 Å². The minimum absolute atomic E-state index is 0.146. The van der Waals surface area contributed by atoms with Crippen molar-refractivity contribution >= 4 is 5.97 Å². The zero-order chi connectivity index (χ0) is 10.2. The van der Waals surface area contributed by atoms with E-state index < -0.39 is 0 Å². The zero-order valence-electron chi connectivity index (χ0n) is 8.98. The summed E-state index contributed by atoms with van der Waals surface area (Å²) in [7, 11) is 0. The summed E-state index contributed by atoms with van der Waals surface area (Å²) in [6.45, 7) is 2.09. The number of hydrogen-bond acceptors (Lipinski definition) is 2. The van der Waals surface area contributed by atoms with E-state index in [0.717, 1.165) is 41.9 Å². The second-order valence-corrected chi connectivity index (χ2v) is 5.65. The first-order valence-electron chi connectivity index (χ1n) is 6.11. The SMILES string of the molecule is CC(=O)OCCC1=C[C@H]2[C@H]3C[C@H]4[C@H]2[C@@H]4[C@H]13. The van der Waals surface area contributed by atoms with E-state index in [2.05, 4.69) is 6.08 Å². The molecular formula is C13H16O2. The van der Waals surface area contributed by atoms with Crippen molar-refractivity contribution in [2.75, 3.05) is 6.61 Å². The van der Waals surface area contributed by atoms with Crippen LogP contribution in [0.15, 0.2) is 11.6 Å². The molecule has 4 fully saturated rings. The van der Waals surface area contributed by atoms with Crippen molar-refractivity contribution in [3.05, 3.63) is 11.6 Å². The predicted molar refractivity (Wildman–Crippen MR) is 54.9 cm³/mol. The maximum atomic E-state index is 10.7. The summed E-state index contributed by atoms with van der Waals surface area (Å²) < 4.78 is 5.03. The Bertz CT molecular complexity index is 371. The molecule has 0 N–H and O–H groups in total. The van der Waals surface area contributed by atoms with E-state index in [0.29, 0.717) is 6.61 Å². The van der Waals surface area contributed by atoms with Gasteiger partial charge in [-0.05, 0) is 41.9 Å². The molecule has 15 heavy (non-hydrogen) atoms. The lowest BCUT2D eigenvalue weighted by Crippen LogP contribution is -2.08. The summed E-state index contributed by atoms with van der Waals surface area (Å²) in [5, 5.41) is 0. The van der Waals surface area contributed by atoms with Crippen molar-refractivity contribution in [1.29, 1.82) is 0 Å².